The monoisotopic (exact) mass is 176 g/mol. The molecule has 0 atom stereocenters. The number of aliphatic hydroxyl groups is 1. The molecule has 0 amide bonds. The smallest absolute Gasteiger partial charge is 0.293 e. The summed E-state index contributed by atoms with van der Waals surface area (Å²) in [5, 5.41) is 14.2. The molecule has 12 heavy (non-hydrogen) atoms. The average molecular weight is 176 g/mol. The summed E-state index contributed by atoms with van der Waals surface area (Å²) in [6.07, 6.45) is -0.586. The summed E-state index contributed by atoms with van der Waals surface area (Å²) in [5.74, 6) is -3.03. The number of alkyl halides is 2. The van der Waals surface area contributed by atoms with E-state index in [2.05, 4.69) is 10.2 Å². The lowest BCUT2D eigenvalue weighted by Gasteiger charge is -2.10. The molecule has 5 heteroatoms. The van der Waals surface area contributed by atoms with Gasteiger partial charge in [0.25, 0.3) is 5.92 Å². The molecular formula is C7H10F2N2O. The van der Waals surface area contributed by atoms with Gasteiger partial charge < -0.3 is 5.11 Å². The highest BCUT2D eigenvalue weighted by Gasteiger charge is 2.33. The largest absolute Gasteiger partial charge is 0.396 e. The lowest BCUT2D eigenvalue weighted by molar-refractivity contribution is -0.0310. The van der Waals surface area contributed by atoms with Crippen molar-refractivity contribution in [2.45, 2.75) is 19.3 Å². The maximum atomic E-state index is 12.9. The number of H-pyrrole nitrogens is 1. The molecule has 2 N–H and O–H groups in total. The number of rotatable bonds is 3. The minimum Gasteiger partial charge on any atom is -0.396 e. The fourth-order valence-corrected chi connectivity index (χ4v) is 0.874. The second-order valence-corrected chi connectivity index (χ2v) is 2.61. The summed E-state index contributed by atoms with van der Waals surface area (Å²) in [7, 11) is 0. The predicted octanol–water partition coefficient (Wildman–Crippen LogP) is 1.19. The van der Waals surface area contributed by atoms with Gasteiger partial charge in [-0.25, -0.2) is 0 Å². The van der Waals surface area contributed by atoms with Crippen LogP contribution in [-0.4, -0.2) is 21.9 Å². The summed E-state index contributed by atoms with van der Waals surface area (Å²) >= 11 is 0. The summed E-state index contributed by atoms with van der Waals surface area (Å²) in [4.78, 5) is 0. The van der Waals surface area contributed by atoms with Crippen LogP contribution in [0.25, 0.3) is 0 Å². The molecule has 0 aliphatic heterocycles. The van der Waals surface area contributed by atoms with E-state index in [-0.39, 0.29) is 5.69 Å². The average Bonchev–Trinajstić information content (AvgIpc) is 2.36. The van der Waals surface area contributed by atoms with Crippen LogP contribution in [0.1, 0.15) is 17.8 Å². The van der Waals surface area contributed by atoms with Crippen LogP contribution in [0.15, 0.2) is 6.07 Å². The zero-order valence-corrected chi connectivity index (χ0v) is 6.64. The van der Waals surface area contributed by atoms with E-state index in [1.54, 1.807) is 6.92 Å². The first-order valence-electron chi connectivity index (χ1n) is 3.57. The van der Waals surface area contributed by atoms with Gasteiger partial charge in [-0.05, 0) is 13.0 Å². The molecular weight excluding hydrogens is 166 g/mol. The summed E-state index contributed by atoms with van der Waals surface area (Å²) in [6.45, 7) is 1.10. The van der Waals surface area contributed by atoms with Crippen molar-refractivity contribution in [3.63, 3.8) is 0 Å². The lowest BCUT2D eigenvalue weighted by atomic mass is 10.2. The SMILES string of the molecule is Cc1cc(C(F)(F)CCO)n[nH]1. The molecule has 0 saturated heterocycles. The molecule has 0 radical (unpaired) electrons. The van der Waals surface area contributed by atoms with E-state index in [1.165, 1.54) is 6.07 Å². The van der Waals surface area contributed by atoms with Gasteiger partial charge in [0.05, 0.1) is 0 Å². The minimum absolute atomic E-state index is 0.311. The Bertz CT molecular complexity index is 260. The van der Waals surface area contributed by atoms with Crippen molar-refractivity contribution in [2.24, 2.45) is 0 Å². The fourth-order valence-electron chi connectivity index (χ4n) is 0.874. The molecule has 0 bridgehead atoms. The van der Waals surface area contributed by atoms with Crippen molar-refractivity contribution in [3.05, 3.63) is 17.5 Å². The first-order chi connectivity index (χ1) is 5.56. The summed E-state index contributed by atoms with van der Waals surface area (Å²) in [5.41, 5.74) is 0.275. The highest BCUT2D eigenvalue weighted by Crippen LogP contribution is 2.29. The first-order valence-corrected chi connectivity index (χ1v) is 3.57. The molecule has 3 nitrogen and oxygen atoms in total. The van der Waals surface area contributed by atoms with Crippen LogP contribution in [0.4, 0.5) is 8.78 Å². The Morgan fingerprint density at radius 2 is 2.33 bits per heavy atom. The maximum absolute atomic E-state index is 12.9. The molecule has 0 aromatic carbocycles. The van der Waals surface area contributed by atoms with Gasteiger partial charge >= 0.3 is 0 Å². The molecule has 1 heterocycles. The van der Waals surface area contributed by atoms with Gasteiger partial charge in [0.2, 0.25) is 0 Å². The molecule has 1 rings (SSSR count). The van der Waals surface area contributed by atoms with E-state index in [4.69, 9.17) is 5.11 Å². The standard InChI is InChI=1S/C7H10F2N2O/c1-5-4-6(11-10-5)7(8,9)2-3-12/h4,12H,2-3H2,1H3,(H,10,11). The van der Waals surface area contributed by atoms with Crippen molar-refractivity contribution in [1.29, 1.82) is 0 Å². The van der Waals surface area contributed by atoms with Crippen molar-refractivity contribution in [3.8, 4) is 0 Å². The second kappa shape index (κ2) is 3.18. The van der Waals surface area contributed by atoms with Crippen LogP contribution in [0.3, 0.4) is 0 Å². The Labute approximate surface area is 68.4 Å². The van der Waals surface area contributed by atoms with Crippen molar-refractivity contribution in [1.82, 2.24) is 10.2 Å². The van der Waals surface area contributed by atoms with Crippen molar-refractivity contribution < 1.29 is 13.9 Å². The Kier molecular flexibility index (Phi) is 2.42. The molecule has 0 saturated carbocycles. The van der Waals surface area contributed by atoms with Crippen LogP contribution >= 0.6 is 0 Å². The molecule has 0 unspecified atom stereocenters. The molecule has 1 aromatic rings. The second-order valence-electron chi connectivity index (χ2n) is 2.61. The first kappa shape index (κ1) is 9.12. The Morgan fingerprint density at radius 1 is 1.67 bits per heavy atom. The van der Waals surface area contributed by atoms with Gasteiger partial charge in [-0.15, -0.1) is 0 Å². The van der Waals surface area contributed by atoms with Crippen LogP contribution in [0.2, 0.25) is 0 Å². The van der Waals surface area contributed by atoms with Gasteiger partial charge in [0, 0.05) is 18.7 Å². The van der Waals surface area contributed by atoms with Gasteiger partial charge in [0.15, 0.2) is 0 Å². The Morgan fingerprint density at radius 3 is 2.75 bits per heavy atom. The number of nitrogens with zero attached hydrogens (tertiary/aromatic N) is 1. The number of aromatic nitrogens is 2. The highest BCUT2D eigenvalue weighted by atomic mass is 19.3. The number of nitrogens with one attached hydrogen (secondary N) is 1. The number of aliphatic hydroxyl groups excluding tert-OH is 1. The molecule has 1 aromatic heterocycles. The fraction of sp³-hybridized carbons (Fsp3) is 0.571. The van der Waals surface area contributed by atoms with E-state index in [0.717, 1.165) is 0 Å². The maximum Gasteiger partial charge on any atom is 0.293 e. The van der Waals surface area contributed by atoms with E-state index >= 15 is 0 Å². The minimum atomic E-state index is -3.03. The van der Waals surface area contributed by atoms with Crippen LogP contribution in [0, 0.1) is 6.92 Å². The number of aromatic amines is 1. The zero-order chi connectivity index (χ0) is 9.19. The van der Waals surface area contributed by atoms with Crippen LogP contribution < -0.4 is 0 Å². The molecule has 0 aliphatic carbocycles. The Hall–Kier alpha value is -0.970. The zero-order valence-electron chi connectivity index (χ0n) is 6.64. The summed E-state index contributed by atoms with van der Waals surface area (Å²) in [6, 6.07) is 1.27. The third-order valence-electron chi connectivity index (χ3n) is 1.51. The molecule has 0 aliphatic rings. The normalized spacial score (nSPS) is 12.0. The molecule has 0 fully saturated rings. The van der Waals surface area contributed by atoms with Crippen LogP contribution in [-0.2, 0) is 5.92 Å². The van der Waals surface area contributed by atoms with E-state index in [0.29, 0.717) is 5.69 Å². The Balaban J connectivity index is 2.81. The van der Waals surface area contributed by atoms with E-state index in [9.17, 15) is 8.78 Å². The quantitative estimate of drug-likeness (QED) is 0.726. The van der Waals surface area contributed by atoms with E-state index < -0.39 is 19.0 Å². The molecule has 68 valence electrons. The van der Waals surface area contributed by atoms with Gasteiger partial charge in [0.1, 0.15) is 5.69 Å². The topological polar surface area (TPSA) is 48.9 Å². The van der Waals surface area contributed by atoms with Gasteiger partial charge in [-0.1, -0.05) is 0 Å². The third kappa shape index (κ3) is 1.79. The molecule has 0 spiro atoms. The predicted molar refractivity (Wildman–Crippen MR) is 38.9 cm³/mol. The van der Waals surface area contributed by atoms with Crippen molar-refractivity contribution in [2.75, 3.05) is 6.61 Å². The summed E-state index contributed by atoms with van der Waals surface area (Å²) < 4.78 is 25.9. The number of aryl methyl sites for hydroxylation is 1. The van der Waals surface area contributed by atoms with E-state index in [1.807, 2.05) is 0 Å². The van der Waals surface area contributed by atoms with Crippen LogP contribution in [0.5, 0.6) is 0 Å². The highest BCUT2D eigenvalue weighted by molar-refractivity contribution is 5.12. The number of halogens is 2. The van der Waals surface area contributed by atoms with Gasteiger partial charge in [-0.2, -0.15) is 13.9 Å². The number of hydrogen-bond donors (Lipinski definition) is 2. The van der Waals surface area contributed by atoms with Crippen molar-refractivity contribution >= 4 is 0 Å². The lowest BCUT2D eigenvalue weighted by Crippen LogP contribution is -2.15. The third-order valence-corrected chi connectivity index (χ3v) is 1.51. The number of hydrogen-bond acceptors (Lipinski definition) is 2. The van der Waals surface area contributed by atoms with Gasteiger partial charge in [-0.3, -0.25) is 5.10 Å².